The predicted molar refractivity (Wildman–Crippen MR) is 64.5 cm³/mol. The highest BCUT2D eigenvalue weighted by molar-refractivity contribution is 5.93. The lowest BCUT2D eigenvalue weighted by Crippen LogP contribution is -2.40. The van der Waals surface area contributed by atoms with Crippen molar-refractivity contribution in [3.8, 4) is 0 Å². The number of carbonyl (C=O) groups excluding carboxylic acids is 1. The van der Waals surface area contributed by atoms with Gasteiger partial charge in [0, 0.05) is 19.3 Å². The summed E-state index contributed by atoms with van der Waals surface area (Å²) < 4.78 is 13.0. The number of pyridine rings is 1. The zero-order valence-corrected chi connectivity index (χ0v) is 10.3. The number of carbonyl (C=O) groups is 1. The molecule has 0 bridgehead atoms. The van der Waals surface area contributed by atoms with Crippen molar-refractivity contribution in [1.29, 1.82) is 0 Å². The van der Waals surface area contributed by atoms with Crippen LogP contribution >= 0.6 is 0 Å². The van der Waals surface area contributed by atoms with Crippen LogP contribution in [0.4, 0.5) is 4.39 Å². The highest BCUT2D eigenvalue weighted by atomic mass is 19.1. The van der Waals surface area contributed by atoms with Crippen LogP contribution in [0.1, 0.15) is 30.1 Å². The molecule has 2 heterocycles. The molecule has 1 N–H and O–H groups in total. The topological polar surface area (TPSA) is 53.4 Å². The molecule has 5 heteroatoms. The van der Waals surface area contributed by atoms with Crippen LogP contribution in [0.25, 0.3) is 0 Å². The quantitative estimate of drug-likeness (QED) is 0.866. The second kappa shape index (κ2) is 5.44. The second-order valence-electron chi connectivity index (χ2n) is 4.76. The Kier molecular flexibility index (Phi) is 3.91. The number of amides is 1. The molecule has 0 saturated carbocycles. The van der Waals surface area contributed by atoms with Gasteiger partial charge in [0.1, 0.15) is 5.82 Å². The lowest BCUT2D eigenvalue weighted by Gasteiger charge is -2.33. The van der Waals surface area contributed by atoms with E-state index < -0.39 is 5.82 Å². The van der Waals surface area contributed by atoms with Gasteiger partial charge in [0.05, 0.1) is 17.9 Å². The minimum Gasteiger partial charge on any atom is -0.393 e. The predicted octanol–water partition coefficient (Wildman–Crippen LogP) is 1.45. The molecule has 0 aromatic carbocycles. The van der Waals surface area contributed by atoms with Crippen molar-refractivity contribution in [3.05, 3.63) is 29.8 Å². The molecule has 2 rings (SSSR count). The molecule has 18 heavy (non-hydrogen) atoms. The summed E-state index contributed by atoms with van der Waals surface area (Å²) in [5.74, 6) is -0.439. The van der Waals surface area contributed by atoms with Crippen molar-refractivity contribution in [1.82, 2.24) is 9.88 Å². The summed E-state index contributed by atoms with van der Waals surface area (Å²) in [5.41, 5.74) is 0.283. The van der Waals surface area contributed by atoms with Crippen LogP contribution in [0.3, 0.4) is 0 Å². The van der Waals surface area contributed by atoms with Crippen molar-refractivity contribution in [2.45, 2.75) is 25.9 Å². The number of aromatic nitrogens is 1. The fourth-order valence-electron chi connectivity index (χ4n) is 2.30. The summed E-state index contributed by atoms with van der Waals surface area (Å²) in [5, 5.41) is 9.49. The van der Waals surface area contributed by atoms with Crippen LogP contribution < -0.4 is 0 Å². The number of rotatable bonds is 2. The maximum atomic E-state index is 13.0. The number of nitrogens with zero attached hydrogens (tertiary/aromatic N) is 2. The van der Waals surface area contributed by atoms with Gasteiger partial charge in [-0.3, -0.25) is 9.78 Å². The van der Waals surface area contributed by atoms with Crippen LogP contribution in [0, 0.1) is 11.7 Å². The Labute approximate surface area is 105 Å². The van der Waals surface area contributed by atoms with Gasteiger partial charge in [-0.15, -0.1) is 0 Å². The van der Waals surface area contributed by atoms with Gasteiger partial charge < -0.3 is 10.0 Å². The van der Waals surface area contributed by atoms with E-state index in [9.17, 15) is 14.3 Å². The normalized spacial score (nSPS) is 18.7. The maximum Gasteiger partial charge on any atom is 0.255 e. The minimum atomic E-state index is -0.500. The lowest BCUT2D eigenvalue weighted by molar-refractivity contribution is 0.0521. The number of aliphatic hydroxyl groups is 1. The van der Waals surface area contributed by atoms with Crippen molar-refractivity contribution >= 4 is 5.91 Å². The molecule has 1 amide bonds. The summed E-state index contributed by atoms with van der Waals surface area (Å²) in [7, 11) is 0. The van der Waals surface area contributed by atoms with Gasteiger partial charge in [0.2, 0.25) is 0 Å². The van der Waals surface area contributed by atoms with Crippen molar-refractivity contribution in [2.75, 3.05) is 13.1 Å². The summed E-state index contributed by atoms with van der Waals surface area (Å²) >= 11 is 0. The maximum absolute atomic E-state index is 13.0. The monoisotopic (exact) mass is 252 g/mol. The average Bonchev–Trinajstić information content (AvgIpc) is 2.38. The Balaban J connectivity index is 1.99. The Morgan fingerprint density at radius 3 is 2.72 bits per heavy atom. The van der Waals surface area contributed by atoms with Crippen LogP contribution in [0.15, 0.2) is 18.5 Å². The first-order valence-corrected chi connectivity index (χ1v) is 6.16. The molecule has 1 aliphatic rings. The first kappa shape index (κ1) is 13.0. The smallest absolute Gasteiger partial charge is 0.255 e. The Morgan fingerprint density at radius 2 is 2.17 bits per heavy atom. The van der Waals surface area contributed by atoms with E-state index in [0.717, 1.165) is 19.0 Å². The summed E-state index contributed by atoms with van der Waals surface area (Å²) in [6.45, 7) is 2.98. The van der Waals surface area contributed by atoms with Crippen LogP contribution in [0.2, 0.25) is 0 Å². The third-order valence-electron chi connectivity index (χ3n) is 3.46. The summed E-state index contributed by atoms with van der Waals surface area (Å²) in [6.07, 6.45) is 3.69. The molecule has 1 aliphatic heterocycles. The van der Waals surface area contributed by atoms with E-state index in [2.05, 4.69) is 4.98 Å². The molecular formula is C13H17FN2O2. The molecule has 0 aliphatic carbocycles. The molecule has 1 saturated heterocycles. The molecule has 4 nitrogen and oxygen atoms in total. The van der Waals surface area contributed by atoms with Gasteiger partial charge in [-0.2, -0.15) is 0 Å². The van der Waals surface area contributed by atoms with E-state index in [-0.39, 0.29) is 23.5 Å². The standard InChI is InChI=1S/C13H17FN2O2/c1-9(17)10-2-4-16(5-3-10)13(18)11-6-12(14)8-15-7-11/h6-10,17H,2-5H2,1H3/t9-/m0/s1. The van der Waals surface area contributed by atoms with Crippen molar-refractivity contribution < 1.29 is 14.3 Å². The number of hydrogen-bond acceptors (Lipinski definition) is 3. The Morgan fingerprint density at radius 1 is 1.50 bits per heavy atom. The zero-order valence-electron chi connectivity index (χ0n) is 10.3. The fraction of sp³-hybridized carbons (Fsp3) is 0.538. The number of hydrogen-bond donors (Lipinski definition) is 1. The van der Waals surface area contributed by atoms with Gasteiger partial charge in [-0.05, 0) is 31.7 Å². The molecule has 0 radical (unpaired) electrons. The van der Waals surface area contributed by atoms with Crippen LogP contribution in [0.5, 0.6) is 0 Å². The molecule has 0 unspecified atom stereocenters. The molecule has 1 atom stereocenters. The Bertz CT molecular complexity index is 429. The van der Waals surface area contributed by atoms with Gasteiger partial charge in [0.25, 0.3) is 5.91 Å². The molecule has 0 spiro atoms. The third-order valence-corrected chi connectivity index (χ3v) is 3.46. The van der Waals surface area contributed by atoms with Gasteiger partial charge in [-0.25, -0.2) is 4.39 Å². The number of aliphatic hydroxyl groups excluding tert-OH is 1. The van der Waals surface area contributed by atoms with Gasteiger partial charge in [-0.1, -0.05) is 0 Å². The number of likely N-dealkylation sites (tertiary alicyclic amines) is 1. The van der Waals surface area contributed by atoms with E-state index in [1.807, 2.05) is 0 Å². The molecule has 98 valence electrons. The molecule has 1 aromatic rings. The highest BCUT2D eigenvalue weighted by Crippen LogP contribution is 2.21. The van der Waals surface area contributed by atoms with E-state index in [4.69, 9.17) is 0 Å². The fourth-order valence-corrected chi connectivity index (χ4v) is 2.30. The largest absolute Gasteiger partial charge is 0.393 e. The molecular weight excluding hydrogens is 235 g/mol. The van der Waals surface area contributed by atoms with Crippen molar-refractivity contribution in [3.63, 3.8) is 0 Å². The SMILES string of the molecule is C[C@H](O)C1CCN(C(=O)c2cncc(F)c2)CC1. The first-order valence-electron chi connectivity index (χ1n) is 6.16. The van der Waals surface area contributed by atoms with E-state index in [1.165, 1.54) is 12.3 Å². The summed E-state index contributed by atoms with van der Waals surface area (Å²) in [6, 6.07) is 1.20. The van der Waals surface area contributed by atoms with E-state index in [1.54, 1.807) is 11.8 Å². The lowest BCUT2D eigenvalue weighted by atomic mass is 9.92. The van der Waals surface area contributed by atoms with Gasteiger partial charge in [0.15, 0.2) is 0 Å². The average molecular weight is 252 g/mol. The summed E-state index contributed by atoms with van der Waals surface area (Å²) in [4.78, 5) is 17.5. The first-order chi connectivity index (χ1) is 8.58. The second-order valence-corrected chi connectivity index (χ2v) is 4.76. The Hall–Kier alpha value is -1.49. The zero-order chi connectivity index (χ0) is 13.1. The highest BCUT2D eigenvalue weighted by Gasteiger charge is 2.26. The van der Waals surface area contributed by atoms with Crippen LogP contribution in [-0.4, -0.2) is 40.1 Å². The van der Waals surface area contributed by atoms with Gasteiger partial charge >= 0.3 is 0 Å². The molecule has 1 aromatic heterocycles. The van der Waals surface area contributed by atoms with E-state index in [0.29, 0.717) is 13.1 Å². The number of piperidine rings is 1. The minimum absolute atomic E-state index is 0.189. The molecule has 1 fully saturated rings. The van der Waals surface area contributed by atoms with Crippen molar-refractivity contribution in [2.24, 2.45) is 5.92 Å². The number of halogens is 1. The third kappa shape index (κ3) is 2.85. The van der Waals surface area contributed by atoms with Crippen LogP contribution in [-0.2, 0) is 0 Å². The van der Waals surface area contributed by atoms with E-state index >= 15 is 0 Å².